The molecule has 0 radical (unpaired) electrons. The summed E-state index contributed by atoms with van der Waals surface area (Å²) in [6, 6.07) is 8.05. The summed E-state index contributed by atoms with van der Waals surface area (Å²) >= 11 is 2.24. The lowest BCUT2D eigenvalue weighted by Crippen LogP contribution is -2.25. The highest BCUT2D eigenvalue weighted by atomic mass is 127. The van der Waals surface area contributed by atoms with E-state index in [4.69, 9.17) is 5.11 Å². The van der Waals surface area contributed by atoms with Crippen molar-refractivity contribution in [1.29, 1.82) is 0 Å². The number of carboxylic acid groups (broad SMARTS) is 1. The summed E-state index contributed by atoms with van der Waals surface area (Å²) in [6.07, 6.45) is 0. The number of carboxylic acids is 1. The van der Waals surface area contributed by atoms with Gasteiger partial charge in [-0.25, -0.2) is 0 Å². The molecule has 0 heterocycles. The minimum Gasteiger partial charge on any atom is -0.480 e. The largest absolute Gasteiger partial charge is 0.480 e. The molecule has 1 aromatic rings. The van der Waals surface area contributed by atoms with E-state index in [9.17, 15) is 4.79 Å². The smallest absolute Gasteiger partial charge is 0.317 e. The summed E-state index contributed by atoms with van der Waals surface area (Å²) < 4.78 is 1.17. The van der Waals surface area contributed by atoms with Crippen molar-refractivity contribution in [3.8, 4) is 0 Å². The van der Waals surface area contributed by atoms with Crippen LogP contribution >= 0.6 is 22.6 Å². The third-order valence-electron chi connectivity index (χ3n) is 1.75. The maximum atomic E-state index is 10.4. The van der Waals surface area contributed by atoms with Crippen molar-refractivity contribution in [1.82, 2.24) is 4.90 Å². The van der Waals surface area contributed by atoms with Gasteiger partial charge in [-0.15, -0.1) is 0 Å². The van der Waals surface area contributed by atoms with E-state index in [1.807, 2.05) is 18.2 Å². The molecular weight excluding hydrogens is 293 g/mol. The molecule has 0 aliphatic carbocycles. The van der Waals surface area contributed by atoms with E-state index in [0.717, 1.165) is 5.56 Å². The first-order valence-electron chi connectivity index (χ1n) is 4.22. The topological polar surface area (TPSA) is 40.5 Å². The van der Waals surface area contributed by atoms with Crippen molar-refractivity contribution in [3.05, 3.63) is 33.4 Å². The number of rotatable bonds is 4. The van der Waals surface area contributed by atoms with E-state index >= 15 is 0 Å². The molecule has 3 nitrogen and oxygen atoms in total. The van der Waals surface area contributed by atoms with Crippen LogP contribution in [0.5, 0.6) is 0 Å². The molecule has 4 heteroatoms. The fraction of sp³-hybridized carbons (Fsp3) is 0.300. The number of aliphatic carboxylic acids is 1. The van der Waals surface area contributed by atoms with Crippen molar-refractivity contribution < 1.29 is 9.90 Å². The second-order valence-corrected chi connectivity index (χ2v) is 4.44. The van der Waals surface area contributed by atoms with Crippen molar-refractivity contribution in [2.45, 2.75) is 6.54 Å². The van der Waals surface area contributed by atoms with Crippen LogP contribution in [0.4, 0.5) is 0 Å². The van der Waals surface area contributed by atoms with Gasteiger partial charge in [0, 0.05) is 10.1 Å². The van der Waals surface area contributed by atoms with Gasteiger partial charge < -0.3 is 5.11 Å². The molecule has 0 aromatic heterocycles. The van der Waals surface area contributed by atoms with Gasteiger partial charge in [0.15, 0.2) is 0 Å². The van der Waals surface area contributed by atoms with Crippen molar-refractivity contribution >= 4 is 28.6 Å². The van der Waals surface area contributed by atoms with Gasteiger partial charge in [0.05, 0.1) is 6.54 Å². The molecule has 0 spiro atoms. The monoisotopic (exact) mass is 305 g/mol. The third kappa shape index (κ3) is 4.06. The van der Waals surface area contributed by atoms with Gasteiger partial charge in [-0.1, -0.05) is 12.1 Å². The predicted molar refractivity (Wildman–Crippen MR) is 63.1 cm³/mol. The molecule has 0 unspecified atom stereocenters. The Morgan fingerprint density at radius 1 is 1.57 bits per heavy atom. The van der Waals surface area contributed by atoms with Gasteiger partial charge in [-0.3, -0.25) is 9.69 Å². The number of hydrogen-bond donors (Lipinski definition) is 1. The molecule has 0 aliphatic rings. The molecular formula is C10H12INO2. The molecule has 0 bridgehead atoms. The summed E-state index contributed by atoms with van der Waals surface area (Å²) in [4.78, 5) is 12.2. The van der Waals surface area contributed by atoms with E-state index in [-0.39, 0.29) is 6.54 Å². The molecule has 0 atom stereocenters. The van der Waals surface area contributed by atoms with Crippen molar-refractivity contribution in [2.75, 3.05) is 13.6 Å². The number of nitrogens with zero attached hydrogens (tertiary/aromatic N) is 1. The average Bonchev–Trinajstić information content (AvgIpc) is 2.01. The van der Waals surface area contributed by atoms with Gasteiger partial charge in [0.25, 0.3) is 0 Å². The fourth-order valence-electron chi connectivity index (χ4n) is 1.23. The van der Waals surface area contributed by atoms with Crippen LogP contribution in [0.3, 0.4) is 0 Å². The zero-order chi connectivity index (χ0) is 10.6. The molecule has 0 saturated heterocycles. The highest BCUT2D eigenvalue weighted by Crippen LogP contribution is 2.09. The summed E-state index contributed by atoms with van der Waals surface area (Å²) in [5.74, 6) is -0.793. The molecule has 1 rings (SSSR count). The number of carbonyl (C=O) groups is 1. The van der Waals surface area contributed by atoms with Gasteiger partial charge >= 0.3 is 5.97 Å². The maximum absolute atomic E-state index is 10.4. The van der Waals surface area contributed by atoms with E-state index in [1.165, 1.54) is 3.57 Å². The van der Waals surface area contributed by atoms with Crippen molar-refractivity contribution in [3.63, 3.8) is 0 Å². The number of benzene rings is 1. The Morgan fingerprint density at radius 3 is 2.86 bits per heavy atom. The summed E-state index contributed by atoms with van der Waals surface area (Å²) in [7, 11) is 1.80. The van der Waals surface area contributed by atoms with Crippen LogP contribution in [0.15, 0.2) is 24.3 Å². The van der Waals surface area contributed by atoms with Crippen LogP contribution in [-0.4, -0.2) is 29.6 Å². The highest BCUT2D eigenvalue weighted by Gasteiger charge is 2.04. The normalized spacial score (nSPS) is 10.5. The van der Waals surface area contributed by atoms with Gasteiger partial charge in [0.1, 0.15) is 0 Å². The van der Waals surface area contributed by atoms with Crippen molar-refractivity contribution in [2.24, 2.45) is 0 Å². The Morgan fingerprint density at radius 2 is 2.29 bits per heavy atom. The molecule has 1 N–H and O–H groups in total. The molecule has 0 aliphatic heterocycles. The van der Waals surface area contributed by atoms with Crippen LogP contribution in [0.1, 0.15) is 5.56 Å². The highest BCUT2D eigenvalue weighted by molar-refractivity contribution is 14.1. The lowest BCUT2D eigenvalue weighted by molar-refractivity contribution is -0.138. The second-order valence-electron chi connectivity index (χ2n) is 3.20. The summed E-state index contributed by atoms with van der Waals surface area (Å²) in [5.41, 5.74) is 1.14. The summed E-state index contributed by atoms with van der Waals surface area (Å²) in [6.45, 7) is 0.745. The number of likely N-dealkylation sites (N-methyl/N-ethyl adjacent to an activating group) is 1. The zero-order valence-electron chi connectivity index (χ0n) is 7.90. The standard InChI is InChI=1S/C10H12INO2/c1-12(7-10(13)14)6-8-3-2-4-9(11)5-8/h2-5H,6-7H2,1H3,(H,13,14). The second kappa shape index (κ2) is 5.31. The molecule has 76 valence electrons. The quantitative estimate of drug-likeness (QED) is 0.863. The van der Waals surface area contributed by atoms with Crippen LogP contribution < -0.4 is 0 Å². The van der Waals surface area contributed by atoms with Gasteiger partial charge in [-0.2, -0.15) is 0 Å². The van der Waals surface area contributed by atoms with E-state index in [0.29, 0.717) is 6.54 Å². The Labute approximate surface area is 96.9 Å². The van der Waals surface area contributed by atoms with Crippen LogP contribution in [0, 0.1) is 3.57 Å². The van der Waals surface area contributed by atoms with Gasteiger partial charge in [0.2, 0.25) is 0 Å². The third-order valence-corrected chi connectivity index (χ3v) is 2.42. The number of hydrogen-bond acceptors (Lipinski definition) is 2. The SMILES string of the molecule is CN(CC(=O)O)Cc1cccc(I)c1. The van der Waals surface area contributed by atoms with Crippen LogP contribution in [0.2, 0.25) is 0 Å². The number of halogens is 1. The van der Waals surface area contributed by atoms with E-state index in [1.54, 1.807) is 11.9 Å². The lowest BCUT2D eigenvalue weighted by Gasteiger charge is -2.13. The Balaban J connectivity index is 2.55. The molecule has 0 amide bonds. The minimum atomic E-state index is -0.793. The Hall–Kier alpha value is -0.620. The summed E-state index contributed by atoms with van der Waals surface area (Å²) in [5, 5.41) is 8.57. The predicted octanol–water partition coefficient (Wildman–Crippen LogP) is 1.81. The molecule has 0 saturated carbocycles. The first-order valence-corrected chi connectivity index (χ1v) is 5.30. The van der Waals surface area contributed by atoms with E-state index < -0.39 is 5.97 Å². The zero-order valence-corrected chi connectivity index (χ0v) is 10.1. The molecule has 1 aromatic carbocycles. The van der Waals surface area contributed by atoms with E-state index in [2.05, 4.69) is 28.7 Å². The first-order chi connectivity index (χ1) is 6.58. The van der Waals surface area contributed by atoms with Crippen LogP contribution in [0.25, 0.3) is 0 Å². The maximum Gasteiger partial charge on any atom is 0.317 e. The van der Waals surface area contributed by atoms with Gasteiger partial charge in [-0.05, 0) is 47.3 Å². The Kier molecular flexibility index (Phi) is 4.34. The first kappa shape index (κ1) is 11.5. The molecule has 14 heavy (non-hydrogen) atoms. The molecule has 0 fully saturated rings. The Bertz CT molecular complexity index is 328. The average molecular weight is 305 g/mol. The lowest BCUT2D eigenvalue weighted by atomic mass is 10.2. The minimum absolute atomic E-state index is 0.0749. The fourth-order valence-corrected chi connectivity index (χ4v) is 1.84. The van der Waals surface area contributed by atoms with Crippen LogP contribution in [-0.2, 0) is 11.3 Å².